The number of hydrogen-bond donors (Lipinski definition) is 1. The topological polar surface area (TPSA) is 38.7 Å². The summed E-state index contributed by atoms with van der Waals surface area (Å²) in [5.41, 5.74) is 1.39. The van der Waals surface area contributed by atoms with Gasteiger partial charge in [-0.1, -0.05) is 19.1 Å². The van der Waals surface area contributed by atoms with Gasteiger partial charge in [0.15, 0.2) is 0 Å². The van der Waals surface area contributed by atoms with E-state index in [1.165, 1.54) is 12.0 Å². The quantitative estimate of drug-likeness (QED) is 0.803. The van der Waals surface area contributed by atoms with E-state index < -0.39 is 0 Å². The van der Waals surface area contributed by atoms with Gasteiger partial charge in [0.05, 0.1) is 24.9 Å². The van der Waals surface area contributed by atoms with Crippen molar-refractivity contribution in [1.82, 2.24) is 0 Å². The fourth-order valence-corrected chi connectivity index (χ4v) is 5.39. The van der Waals surface area contributed by atoms with E-state index >= 15 is 0 Å². The molecule has 5 atom stereocenters. The maximum atomic E-state index is 10.8. The van der Waals surface area contributed by atoms with Gasteiger partial charge in [0.25, 0.3) is 0 Å². The number of aliphatic hydroxyl groups excluding tert-OH is 1. The number of rotatable bonds is 5. The Morgan fingerprint density at radius 1 is 1.19 bits per heavy atom. The lowest BCUT2D eigenvalue weighted by Gasteiger charge is -2.48. The van der Waals surface area contributed by atoms with Crippen LogP contribution in [-0.4, -0.2) is 30.0 Å². The van der Waals surface area contributed by atoms with Crippen LogP contribution < -0.4 is 4.74 Å². The number of aliphatic hydroxyl groups is 1. The van der Waals surface area contributed by atoms with Gasteiger partial charge in [-0.05, 0) is 94.2 Å². The van der Waals surface area contributed by atoms with Crippen LogP contribution in [0.5, 0.6) is 5.75 Å². The van der Waals surface area contributed by atoms with Crippen molar-refractivity contribution in [2.45, 2.75) is 84.0 Å². The molecule has 1 N–H and O–H groups in total. The summed E-state index contributed by atoms with van der Waals surface area (Å²) >= 11 is 0. The molecule has 146 valence electrons. The van der Waals surface area contributed by atoms with Crippen LogP contribution in [0, 0.1) is 17.3 Å². The average Bonchev–Trinajstić information content (AvgIpc) is 2.90. The molecule has 0 heterocycles. The van der Waals surface area contributed by atoms with Gasteiger partial charge in [-0.15, -0.1) is 0 Å². The summed E-state index contributed by atoms with van der Waals surface area (Å²) in [6.45, 7) is 8.87. The largest absolute Gasteiger partial charge is 0.497 e. The minimum Gasteiger partial charge on any atom is -0.497 e. The molecule has 3 heteroatoms. The van der Waals surface area contributed by atoms with Gasteiger partial charge in [-0.2, -0.15) is 0 Å². The molecule has 0 saturated heterocycles. The lowest BCUT2D eigenvalue weighted by Crippen LogP contribution is -2.47. The maximum Gasteiger partial charge on any atom is 0.119 e. The van der Waals surface area contributed by atoms with E-state index in [0.29, 0.717) is 17.9 Å². The van der Waals surface area contributed by atoms with Gasteiger partial charge in [-0.25, -0.2) is 0 Å². The van der Waals surface area contributed by atoms with Crippen LogP contribution >= 0.6 is 0 Å². The van der Waals surface area contributed by atoms with Crippen molar-refractivity contribution >= 4 is 0 Å². The Morgan fingerprint density at radius 3 is 2.65 bits per heavy atom. The first kappa shape index (κ1) is 19.7. The Morgan fingerprint density at radius 2 is 1.96 bits per heavy atom. The molecule has 2 unspecified atom stereocenters. The number of methoxy groups -OCH3 is 1. The molecule has 26 heavy (non-hydrogen) atoms. The first-order valence-corrected chi connectivity index (χ1v) is 10.2. The highest BCUT2D eigenvalue weighted by atomic mass is 16.5. The molecule has 0 bridgehead atoms. The van der Waals surface area contributed by atoms with Crippen LogP contribution in [0.3, 0.4) is 0 Å². The molecule has 0 spiro atoms. The van der Waals surface area contributed by atoms with E-state index in [1.54, 1.807) is 7.11 Å². The van der Waals surface area contributed by atoms with E-state index in [-0.39, 0.29) is 17.1 Å². The van der Waals surface area contributed by atoms with Crippen LogP contribution in [-0.2, 0) is 11.2 Å². The van der Waals surface area contributed by atoms with E-state index in [4.69, 9.17) is 9.47 Å². The SMILES string of the molecule is COc1cccc(CCC2C(O)CC[C@]3(C)[C@@H](OC(C)(C)C)CC[C@@H]23)c1. The third-order valence-electron chi connectivity index (χ3n) is 6.71. The molecule has 1 aromatic carbocycles. The second kappa shape index (κ2) is 7.52. The van der Waals surface area contributed by atoms with Crippen molar-refractivity contribution in [2.24, 2.45) is 17.3 Å². The summed E-state index contributed by atoms with van der Waals surface area (Å²) in [7, 11) is 1.71. The number of ether oxygens (including phenoxy) is 2. The maximum absolute atomic E-state index is 10.8. The summed E-state index contributed by atoms with van der Waals surface area (Å²) in [4.78, 5) is 0. The summed E-state index contributed by atoms with van der Waals surface area (Å²) < 4.78 is 11.8. The number of benzene rings is 1. The Bertz CT molecular complexity index is 606. The van der Waals surface area contributed by atoms with Crippen LogP contribution in [0.15, 0.2) is 24.3 Å². The predicted octanol–water partition coefficient (Wildman–Crippen LogP) is 5.00. The van der Waals surface area contributed by atoms with E-state index in [9.17, 15) is 5.11 Å². The highest BCUT2D eigenvalue weighted by Gasteiger charge is 2.54. The van der Waals surface area contributed by atoms with Gasteiger partial charge in [0.1, 0.15) is 5.75 Å². The molecule has 3 nitrogen and oxygen atoms in total. The van der Waals surface area contributed by atoms with Gasteiger partial charge in [-0.3, -0.25) is 0 Å². The lowest BCUT2D eigenvalue weighted by molar-refractivity contribution is -0.136. The molecule has 2 fully saturated rings. The molecule has 0 aliphatic heterocycles. The van der Waals surface area contributed by atoms with Crippen LogP contribution in [0.1, 0.15) is 65.4 Å². The Labute approximate surface area is 159 Å². The van der Waals surface area contributed by atoms with Crippen LogP contribution in [0.2, 0.25) is 0 Å². The smallest absolute Gasteiger partial charge is 0.119 e. The first-order chi connectivity index (χ1) is 12.2. The number of fused-ring (bicyclic) bond motifs is 1. The second-order valence-corrected chi connectivity index (χ2v) is 9.57. The minimum absolute atomic E-state index is 0.102. The van der Waals surface area contributed by atoms with Gasteiger partial charge in [0.2, 0.25) is 0 Å². The minimum atomic E-state index is -0.174. The number of hydrogen-bond acceptors (Lipinski definition) is 3. The molecule has 1 aromatic rings. The standard InChI is InChI=1S/C23H36O3/c1-22(2,3)26-21-12-11-19-18(20(24)13-14-23(19,21)4)10-9-16-7-6-8-17(15-16)25-5/h6-8,15,18-21,24H,9-14H2,1-5H3/t18?,19-,20?,21-,23-/m0/s1. The normalized spacial score (nSPS) is 34.5. The van der Waals surface area contributed by atoms with E-state index in [2.05, 4.69) is 45.9 Å². The first-order valence-electron chi connectivity index (χ1n) is 10.2. The van der Waals surface area contributed by atoms with E-state index in [0.717, 1.165) is 37.9 Å². The molecular weight excluding hydrogens is 324 g/mol. The van der Waals surface area contributed by atoms with Crippen LogP contribution in [0.25, 0.3) is 0 Å². The van der Waals surface area contributed by atoms with Gasteiger partial charge < -0.3 is 14.6 Å². The fraction of sp³-hybridized carbons (Fsp3) is 0.739. The van der Waals surface area contributed by atoms with Crippen LogP contribution in [0.4, 0.5) is 0 Å². The fourth-order valence-electron chi connectivity index (χ4n) is 5.39. The molecule has 2 saturated carbocycles. The second-order valence-electron chi connectivity index (χ2n) is 9.57. The van der Waals surface area contributed by atoms with Crippen molar-refractivity contribution in [1.29, 1.82) is 0 Å². The lowest BCUT2D eigenvalue weighted by atomic mass is 9.61. The monoisotopic (exact) mass is 360 g/mol. The molecule has 0 radical (unpaired) electrons. The van der Waals surface area contributed by atoms with Gasteiger partial charge in [0, 0.05) is 0 Å². The molecule has 2 aliphatic rings. The highest BCUT2D eigenvalue weighted by molar-refractivity contribution is 5.28. The molecule has 0 aromatic heterocycles. The third kappa shape index (κ3) is 4.09. The third-order valence-corrected chi connectivity index (χ3v) is 6.71. The van der Waals surface area contributed by atoms with E-state index in [1.807, 2.05) is 6.07 Å². The summed E-state index contributed by atoms with van der Waals surface area (Å²) in [6, 6.07) is 8.32. The van der Waals surface area contributed by atoms with Crippen molar-refractivity contribution in [3.05, 3.63) is 29.8 Å². The van der Waals surface area contributed by atoms with Crippen molar-refractivity contribution in [2.75, 3.05) is 7.11 Å². The molecule has 2 aliphatic carbocycles. The Hall–Kier alpha value is -1.06. The molecule has 0 amide bonds. The van der Waals surface area contributed by atoms with Gasteiger partial charge >= 0.3 is 0 Å². The molecular formula is C23H36O3. The Kier molecular flexibility index (Phi) is 5.69. The zero-order chi connectivity index (χ0) is 18.9. The van der Waals surface area contributed by atoms with Crippen molar-refractivity contribution < 1.29 is 14.6 Å². The average molecular weight is 361 g/mol. The molecule has 3 rings (SSSR count). The summed E-state index contributed by atoms with van der Waals surface area (Å²) in [6.07, 6.45) is 6.46. The Balaban J connectivity index is 1.71. The number of aryl methyl sites for hydroxylation is 1. The zero-order valence-electron chi connectivity index (χ0n) is 17.1. The van der Waals surface area contributed by atoms with Crippen molar-refractivity contribution in [3.63, 3.8) is 0 Å². The van der Waals surface area contributed by atoms with Crippen molar-refractivity contribution in [3.8, 4) is 5.75 Å². The zero-order valence-corrected chi connectivity index (χ0v) is 17.1. The highest BCUT2D eigenvalue weighted by Crippen LogP contribution is 2.57. The predicted molar refractivity (Wildman–Crippen MR) is 106 cm³/mol. The summed E-state index contributed by atoms with van der Waals surface area (Å²) in [5, 5.41) is 10.8. The summed E-state index contributed by atoms with van der Waals surface area (Å²) in [5.74, 6) is 1.84.